The summed E-state index contributed by atoms with van der Waals surface area (Å²) >= 11 is 0. The number of hydrogen-bond donors (Lipinski definition) is 1. The molecular formula is C9H14O. The Labute approximate surface area is 62.4 Å². The van der Waals surface area contributed by atoms with Crippen molar-refractivity contribution < 1.29 is 5.11 Å². The van der Waals surface area contributed by atoms with Crippen LogP contribution in [0.1, 0.15) is 13.3 Å². The van der Waals surface area contributed by atoms with E-state index in [4.69, 9.17) is 5.11 Å². The van der Waals surface area contributed by atoms with Gasteiger partial charge in [-0.25, -0.2) is 0 Å². The average Bonchev–Trinajstić information content (AvgIpc) is 1.85. The summed E-state index contributed by atoms with van der Waals surface area (Å²) in [5, 5.41) is 8.48. The molecule has 0 fully saturated rings. The summed E-state index contributed by atoms with van der Waals surface area (Å²) < 4.78 is 0. The molecule has 1 nitrogen and oxygen atoms in total. The molecule has 0 radical (unpaired) electrons. The van der Waals surface area contributed by atoms with Crippen LogP contribution in [-0.4, -0.2) is 11.7 Å². The third-order valence-corrected chi connectivity index (χ3v) is 1.04. The molecule has 0 aliphatic rings. The molecule has 1 heteroatoms. The van der Waals surface area contributed by atoms with Crippen molar-refractivity contribution in [2.24, 2.45) is 0 Å². The van der Waals surface area contributed by atoms with Crippen LogP contribution in [0, 0.1) is 0 Å². The summed E-state index contributed by atoms with van der Waals surface area (Å²) in [5.74, 6) is 0. The van der Waals surface area contributed by atoms with Crippen molar-refractivity contribution in [2.75, 3.05) is 6.61 Å². The lowest BCUT2D eigenvalue weighted by Gasteiger charge is -1.93. The Morgan fingerprint density at radius 2 is 2.00 bits per heavy atom. The first-order valence-corrected chi connectivity index (χ1v) is 3.29. The van der Waals surface area contributed by atoms with Gasteiger partial charge in [0.05, 0.1) is 0 Å². The summed E-state index contributed by atoms with van der Waals surface area (Å²) in [4.78, 5) is 0. The lowest BCUT2D eigenvalue weighted by atomic mass is 10.2. The minimum absolute atomic E-state index is 0.166. The quantitative estimate of drug-likeness (QED) is 0.589. The molecule has 56 valence electrons. The van der Waals surface area contributed by atoms with Gasteiger partial charge in [0.1, 0.15) is 0 Å². The van der Waals surface area contributed by atoms with Gasteiger partial charge in [-0.3, -0.25) is 0 Å². The van der Waals surface area contributed by atoms with E-state index in [-0.39, 0.29) is 6.61 Å². The monoisotopic (exact) mass is 138 g/mol. The van der Waals surface area contributed by atoms with E-state index in [1.54, 1.807) is 0 Å². The predicted molar refractivity (Wildman–Crippen MR) is 44.8 cm³/mol. The smallest absolute Gasteiger partial charge is 0.0471 e. The Hall–Kier alpha value is -0.820. The summed E-state index contributed by atoms with van der Waals surface area (Å²) in [6.07, 6.45) is 4.40. The molecule has 0 rings (SSSR count). The van der Waals surface area contributed by atoms with Gasteiger partial charge in [0, 0.05) is 6.61 Å². The van der Waals surface area contributed by atoms with Gasteiger partial charge in [0.2, 0.25) is 0 Å². The van der Waals surface area contributed by atoms with Crippen LogP contribution < -0.4 is 0 Å². The van der Waals surface area contributed by atoms with Crippen LogP contribution in [0.2, 0.25) is 0 Å². The van der Waals surface area contributed by atoms with Crippen LogP contribution in [-0.2, 0) is 0 Å². The number of rotatable bonds is 4. The summed E-state index contributed by atoms with van der Waals surface area (Å²) in [5.41, 5.74) is 1.93. The topological polar surface area (TPSA) is 20.2 Å². The summed E-state index contributed by atoms with van der Waals surface area (Å²) in [6, 6.07) is 0. The average molecular weight is 138 g/mol. The molecule has 0 aromatic heterocycles. The Bertz CT molecular complexity index is 154. The second kappa shape index (κ2) is 5.00. The first-order chi connectivity index (χ1) is 4.66. The molecule has 0 unspecified atom stereocenters. The van der Waals surface area contributed by atoms with Crippen molar-refractivity contribution in [3.05, 3.63) is 36.5 Å². The SMILES string of the molecule is C=C(C)/C=C\C(=C)CCO. The van der Waals surface area contributed by atoms with Gasteiger partial charge in [0.25, 0.3) is 0 Å². The van der Waals surface area contributed by atoms with Gasteiger partial charge in [-0.2, -0.15) is 0 Å². The molecule has 10 heavy (non-hydrogen) atoms. The molecule has 0 bridgehead atoms. The zero-order valence-corrected chi connectivity index (χ0v) is 6.43. The lowest BCUT2D eigenvalue weighted by Crippen LogP contribution is -1.82. The molecule has 1 N–H and O–H groups in total. The number of allylic oxidation sites excluding steroid dienone is 3. The standard InChI is InChI=1S/C9H14O/c1-8(2)4-5-9(3)6-7-10/h4-5,10H,1,3,6-7H2,2H3/b5-4-. The van der Waals surface area contributed by atoms with E-state index < -0.39 is 0 Å². The predicted octanol–water partition coefficient (Wildman–Crippen LogP) is 2.06. The normalized spacial score (nSPS) is 10.2. The maximum Gasteiger partial charge on any atom is 0.0471 e. The second-order valence-corrected chi connectivity index (χ2v) is 2.31. The van der Waals surface area contributed by atoms with E-state index in [1.807, 2.05) is 19.1 Å². The Balaban J connectivity index is 3.67. The third kappa shape index (κ3) is 5.32. The highest BCUT2D eigenvalue weighted by molar-refractivity contribution is 5.22. The maximum atomic E-state index is 8.48. The zero-order chi connectivity index (χ0) is 7.98. The fourth-order valence-corrected chi connectivity index (χ4v) is 0.487. The first kappa shape index (κ1) is 9.18. The van der Waals surface area contributed by atoms with Crippen molar-refractivity contribution >= 4 is 0 Å². The molecule has 0 amide bonds. The highest BCUT2D eigenvalue weighted by Gasteiger charge is 1.84. The number of aliphatic hydroxyl groups is 1. The van der Waals surface area contributed by atoms with Gasteiger partial charge in [-0.05, 0) is 13.3 Å². The highest BCUT2D eigenvalue weighted by Crippen LogP contribution is 2.00. The molecular weight excluding hydrogens is 124 g/mol. The van der Waals surface area contributed by atoms with E-state index in [9.17, 15) is 0 Å². The molecule has 0 aromatic carbocycles. The van der Waals surface area contributed by atoms with E-state index >= 15 is 0 Å². The summed E-state index contributed by atoms with van der Waals surface area (Å²) in [6.45, 7) is 9.51. The van der Waals surface area contributed by atoms with Crippen LogP contribution in [0.3, 0.4) is 0 Å². The van der Waals surface area contributed by atoms with Crippen LogP contribution >= 0.6 is 0 Å². The maximum absolute atomic E-state index is 8.48. The second-order valence-electron chi connectivity index (χ2n) is 2.31. The van der Waals surface area contributed by atoms with Crippen molar-refractivity contribution in [1.29, 1.82) is 0 Å². The molecule has 0 aromatic rings. The molecule has 0 heterocycles. The van der Waals surface area contributed by atoms with Crippen molar-refractivity contribution in [2.45, 2.75) is 13.3 Å². The number of hydrogen-bond acceptors (Lipinski definition) is 1. The van der Waals surface area contributed by atoms with E-state index in [0.717, 1.165) is 11.1 Å². The van der Waals surface area contributed by atoms with Gasteiger partial charge >= 0.3 is 0 Å². The molecule has 0 spiro atoms. The molecule has 0 saturated carbocycles. The molecule has 0 aliphatic carbocycles. The Morgan fingerprint density at radius 3 is 2.40 bits per heavy atom. The Morgan fingerprint density at radius 1 is 1.40 bits per heavy atom. The van der Waals surface area contributed by atoms with Gasteiger partial charge in [0.15, 0.2) is 0 Å². The van der Waals surface area contributed by atoms with Crippen molar-refractivity contribution in [1.82, 2.24) is 0 Å². The number of aliphatic hydroxyl groups excluding tert-OH is 1. The van der Waals surface area contributed by atoms with Gasteiger partial charge < -0.3 is 5.11 Å². The third-order valence-electron chi connectivity index (χ3n) is 1.04. The lowest BCUT2D eigenvalue weighted by molar-refractivity contribution is 0.300. The fraction of sp³-hybridized carbons (Fsp3) is 0.333. The zero-order valence-electron chi connectivity index (χ0n) is 6.43. The molecule has 0 aliphatic heterocycles. The van der Waals surface area contributed by atoms with Crippen LogP contribution in [0.15, 0.2) is 36.5 Å². The van der Waals surface area contributed by atoms with E-state index in [2.05, 4.69) is 13.2 Å². The van der Waals surface area contributed by atoms with Gasteiger partial charge in [-0.15, -0.1) is 0 Å². The fourth-order valence-electron chi connectivity index (χ4n) is 0.487. The Kier molecular flexibility index (Phi) is 4.59. The van der Waals surface area contributed by atoms with E-state index in [0.29, 0.717) is 6.42 Å². The van der Waals surface area contributed by atoms with Crippen LogP contribution in [0.25, 0.3) is 0 Å². The highest BCUT2D eigenvalue weighted by atomic mass is 16.2. The van der Waals surface area contributed by atoms with Crippen LogP contribution in [0.5, 0.6) is 0 Å². The molecule has 0 atom stereocenters. The largest absolute Gasteiger partial charge is 0.396 e. The van der Waals surface area contributed by atoms with E-state index in [1.165, 1.54) is 0 Å². The van der Waals surface area contributed by atoms with Crippen molar-refractivity contribution in [3.8, 4) is 0 Å². The molecule has 0 saturated heterocycles. The van der Waals surface area contributed by atoms with Crippen molar-refractivity contribution in [3.63, 3.8) is 0 Å². The minimum atomic E-state index is 0.166. The van der Waals surface area contributed by atoms with Crippen LogP contribution in [0.4, 0.5) is 0 Å². The van der Waals surface area contributed by atoms with Gasteiger partial charge in [-0.1, -0.05) is 36.5 Å². The summed E-state index contributed by atoms with van der Waals surface area (Å²) in [7, 11) is 0. The first-order valence-electron chi connectivity index (χ1n) is 3.29. The minimum Gasteiger partial charge on any atom is -0.396 e.